The summed E-state index contributed by atoms with van der Waals surface area (Å²) in [6.07, 6.45) is 3.66. The summed E-state index contributed by atoms with van der Waals surface area (Å²) in [4.78, 5) is 8.35. The Balaban J connectivity index is 2.03. The molecular formula is C14H16N2O. The van der Waals surface area contributed by atoms with Gasteiger partial charge in [-0.1, -0.05) is 37.3 Å². The van der Waals surface area contributed by atoms with Gasteiger partial charge in [0.2, 0.25) is 0 Å². The van der Waals surface area contributed by atoms with Crippen LogP contribution in [0, 0.1) is 5.92 Å². The van der Waals surface area contributed by atoms with Gasteiger partial charge in [-0.15, -0.1) is 0 Å². The molecule has 0 aliphatic carbocycles. The van der Waals surface area contributed by atoms with Gasteiger partial charge in [-0.25, -0.2) is 9.97 Å². The monoisotopic (exact) mass is 228 g/mol. The molecule has 0 fully saturated rings. The van der Waals surface area contributed by atoms with E-state index in [0.29, 0.717) is 6.42 Å². The van der Waals surface area contributed by atoms with Crippen molar-refractivity contribution in [1.82, 2.24) is 9.97 Å². The third-order valence-corrected chi connectivity index (χ3v) is 2.80. The molecule has 17 heavy (non-hydrogen) atoms. The minimum Gasteiger partial charge on any atom is -0.388 e. The van der Waals surface area contributed by atoms with Crippen molar-refractivity contribution in [2.24, 2.45) is 5.92 Å². The van der Waals surface area contributed by atoms with Crippen LogP contribution in [-0.2, 0) is 6.42 Å². The van der Waals surface area contributed by atoms with E-state index in [1.165, 1.54) is 0 Å². The van der Waals surface area contributed by atoms with Crippen LogP contribution in [-0.4, -0.2) is 15.1 Å². The summed E-state index contributed by atoms with van der Waals surface area (Å²) in [5.74, 6) is 0.870. The SMILES string of the molecule is CC(Cc1ncccn1)C(O)c1ccccc1. The first-order valence-electron chi connectivity index (χ1n) is 5.76. The summed E-state index contributed by atoms with van der Waals surface area (Å²) < 4.78 is 0. The van der Waals surface area contributed by atoms with Gasteiger partial charge < -0.3 is 5.11 Å². The maximum Gasteiger partial charge on any atom is 0.128 e. The van der Waals surface area contributed by atoms with Crippen molar-refractivity contribution >= 4 is 0 Å². The molecule has 1 aromatic carbocycles. The first-order valence-corrected chi connectivity index (χ1v) is 5.76. The van der Waals surface area contributed by atoms with Crippen LogP contribution in [0.15, 0.2) is 48.8 Å². The number of nitrogens with zero attached hydrogens (tertiary/aromatic N) is 2. The lowest BCUT2D eigenvalue weighted by Gasteiger charge is -2.18. The highest BCUT2D eigenvalue weighted by atomic mass is 16.3. The minimum absolute atomic E-state index is 0.0970. The molecule has 2 rings (SSSR count). The van der Waals surface area contributed by atoms with E-state index in [1.807, 2.05) is 37.3 Å². The summed E-state index contributed by atoms with van der Waals surface area (Å²) in [7, 11) is 0. The highest BCUT2D eigenvalue weighted by Crippen LogP contribution is 2.23. The molecule has 3 heteroatoms. The second-order valence-electron chi connectivity index (χ2n) is 4.20. The van der Waals surface area contributed by atoms with E-state index in [1.54, 1.807) is 18.5 Å². The van der Waals surface area contributed by atoms with Gasteiger partial charge >= 0.3 is 0 Å². The molecule has 0 radical (unpaired) electrons. The largest absolute Gasteiger partial charge is 0.388 e. The summed E-state index contributed by atoms with van der Waals surface area (Å²) in [6, 6.07) is 11.5. The third-order valence-electron chi connectivity index (χ3n) is 2.80. The molecular weight excluding hydrogens is 212 g/mol. The predicted molar refractivity (Wildman–Crippen MR) is 66.3 cm³/mol. The fraction of sp³-hybridized carbons (Fsp3) is 0.286. The Hall–Kier alpha value is -1.74. The van der Waals surface area contributed by atoms with Crippen LogP contribution in [0.25, 0.3) is 0 Å². The van der Waals surface area contributed by atoms with Crippen molar-refractivity contribution in [2.45, 2.75) is 19.4 Å². The van der Waals surface area contributed by atoms with Crippen LogP contribution >= 0.6 is 0 Å². The van der Waals surface area contributed by atoms with E-state index in [9.17, 15) is 5.11 Å². The van der Waals surface area contributed by atoms with E-state index in [0.717, 1.165) is 11.4 Å². The van der Waals surface area contributed by atoms with Crippen LogP contribution in [0.4, 0.5) is 0 Å². The lowest BCUT2D eigenvalue weighted by atomic mass is 9.94. The number of aliphatic hydroxyl groups is 1. The molecule has 0 spiro atoms. The Labute approximate surface area is 101 Å². The van der Waals surface area contributed by atoms with Gasteiger partial charge in [0.05, 0.1) is 6.10 Å². The standard InChI is InChI=1S/C14H16N2O/c1-11(10-13-15-8-5-9-16-13)14(17)12-6-3-2-4-7-12/h2-9,11,14,17H,10H2,1H3. The second kappa shape index (κ2) is 5.55. The smallest absolute Gasteiger partial charge is 0.128 e. The molecule has 0 amide bonds. The van der Waals surface area contributed by atoms with Crippen LogP contribution < -0.4 is 0 Å². The third kappa shape index (κ3) is 3.11. The molecule has 88 valence electrons. The van der Waals surface area contributed by atoms with Gasteiger partial charge in [-0.2, -0.15) is 0 Å². The zero-order valence-corrected chi connectivity index (χ0v) is 9.82. The molecule has 1 aromatic heterocycles. The normalized spacial score (nSPS) is 14.2. The highest BCUT2D eigenvalue weighted by Gasteiger charge is 2.17. The summed E-state index contributed by atoms with van der Waals surface area (Å²) in [5.41, 5.74) is 0.941. The molecule has 2 atom stereocenters. The molecule has 1 heterocycles. The molecule has 3 nitrogen and oxygen atoms in total. The Morgan fingerprint density at radius 1 is 1.06 bits per heavy atom. The van der Waals surface area contributed by atoms with Crippen molar-refractivity contribution in [3.05, 3.63) is 60.2 Å². The molecule has 1 N–H and O–H groups in total. The van der Waals surface area contributed by atoms with Gasteiger partial charge in [0.15, 0.2) is 0 Å². The molecule has 0 saturated heterocycles. The number of rotatable bonds is 4. The summed E-state index contributed by atoms with van der Waals surface area (Å²) >= 11 is 0. The fourth-order valence-electron chi connectivity index (χ4n) is 1.81. The topological polar surface area (TPSA) is 46.0 Å². The Morgan fingerprint density at radius 2 is 1.71 bits per heavy atom. The van der Waals surface area contributed by atoms with E-state index in [2.05, 4.69) is 9.97 Å². The van der Waals surface area contributed by atoms with Gasteiger partial charge in [0, 0.05) is 18.8 Å². The first-order chi connectivity index (χ1) is 8.27. The first kappa shape index (κ1) is 11.7. The van der Waals surface area contributed by atoms with E-state index < -0.39 is 6.10 Å². The van der Waals surface area contributed by atoms with Crippen molar-refractivity contribution in [3.8, 4) is 0 Å². The molecule has 2 unspecified atom stereocenters. The predicted octanol–water partition coefficient (Wildman–Crippen LogP) is 2.39. The average molecular weight is 228 g/mol. The molecule has 0 aliphatic heterocycles. The second-order valence-corrected chi connectivity index (χ2v) is 4.20. The lowest BCUT2D eigenvalue weighted by Crippen LogP contribution is -2.13. The minimum atomic E-state index is -0.472. The van der Waals surface area contributed by atoms with Crippen LogP contribution in [0.2, 0.25) is 0 Å². The maximum absolute atomic E-state index is 10.2. The zero-order chi connectivity index (χ0) is 12.1. The quantitative estimate of drug-likeness (QED) is 0.874. The van der Waals surface area contributed by atoms with E-state index >= 15 is 0 Å². The molecule has 0 saturated carbocycles. The van der Waals surface area contributed by atoms with Crippen molar-refractivity contribution in [1.29, 1.82) is 0 Å². The Kier molecular flexibility index (Phi) is 3.83. The van der Waals surface area contributed by atoms with E-state index in [4.69, 9.17) is 0 Å². The lowest BCUT2D eigenvalue weighted by molar-refractivity contribution is 0.116. The highest BCUT2D eigenvalue weighted by molar-refractivity contribution is 5.18. The van der Waals surface area contributed by atoms with Gasteiger partial charge in [-0.3, -0.25) is 0 Å². The number of benzene rings is 1. The van der Waals surface area contributed by atoms with Crippen LogP contribution in [0.1, 0.15) is 24.4 Å². The zero-order valence-electron chi connectivity index (χ0n) is 9.82. The fourth-order valence-corrected chi connectivity index (χ4v) is 1.81. The van der Waals surface area contributed by atoms with Crippen molar-refractivity contribution in [2.75, 3.05) is 0 Å². The Bertz CT molecular complexity index is 444. The Morgan fingerprint density at radius 3 is 2.35 bits per heavy atom. The van der Waals surface area contributed by atoms with Gasteiger partial charge in [-0.05, 0) is 17.5 Å². The van der Waals surface area contributed by atoms with Crippen LogP contribution in [0.5, 0.6) is 0 Å². The average Bonchev–Trinajstić information content (AvgIpc) is 2.40. The van der Waals surface area contributed by atoms with Gasteiger partial charge in [0.1, 0.15) is 5.82 Å². The molecule has 2 aromatic rings. The van der Waals surface area contributed by atoms with Crippen LogP contribution in [0.3, 0.4) is 0 Å². The van der Waals surface area contributed by atoms with E-state index in [-0.39, 0.29) is 5.92 Å². The maximum atomic E-state index is 10.2. The van der Waals surface area contributed by atoms with Crippen molar-refractivity contribution in [3.63, 3.8) is 0 Å². The number of hydrogen-bond acceptors (Lipinski definition) is 3. The number of aromatic nitrogens is 2. The summed E-state index contributed by atoms with van der Waals surface area (Å²) in [5, 5.41) is 10.2. The van der Waals surface area contributed by atoms with Crippen molar-refractivity contribution < 1.29 is 5.11 Å². The number of aliphatic hydroxyl groups excluding tert-OH is 1. The molecule has 0 aliphatic rings. The van der Waals surface area contributed by atoms with Gasteiger partial charge in [0.25, 0.3) is 0 Å². The molecule has 0 bridgehead atoms. The summed E-state index contributed by atoms with van der Waals surface area (Å²) in [6.45, 7) is 2.01. The number of hydrogen-bond donors (Lipinski definition) is 1.